The van der Waals surface area contributed by atoms with Crippen molar-refractivity contribution in [1.29, 1.82) is 0 Å². The standard InChI is InChI=1S/C20H26N2O6/c1-11(2)9-10-21-18(24)13-6-8-15(23)22(13)19-12-5-7-14(26-3)17(27-4)16(12)20(25)28-19/h5,7,11,13,19H,6,8-10H2,1-4H3,(H,21,24)/t13-,19?/m0/s1. The van der Waals surface area contributed by atoms with E-state index in [1.807, 2.05) is 0 Å². The van der Waals surface area contributed by atoms with E-state index in [4.69, 9.17) is 14.2 Å². The van der Waals surface area contributed by atoms with E-state index in [1.54, 1.807) is 12.1 Å². The average Bonchev–Trinajstić information content (AvgIpc) is 3.20. The molecule has 8 heteroatoms. The fraction of sp³-hybridized carbons (Fsp3) is 0.550. The molecule has 3 rings (SSSR count). The Morgan fingerprint density at radius 1 is 1.29 bits per heavy atom. The number of fused-ring (bicyclic) bond motifs is 1. The van der Waals surface area contributed by atoms with Crippen LogP contribution in [-0.2, 0) is 14.3 Å². The summed E-state index contributed by atoms with van der Waals surface area (Å²) in [6.07, 6.45) is 0.533. The molecular weight excluding hydrogens is 364 g/mol. The number of hydrogen-bond donors (Lipinski definition) is 1. The van der Waals surface area contributed by atoms with Crippen molar-refractivity contribution >= 4 is 17.8 Å². The number of esters is 1. The third-order valence-corrected chi connectivity index (χ3v) is 5.10. The van der Waals surface area contributed by atoms with Crippen LogP contribution in [-0.4, -0.2) is 49.5 Å². The van der Waals surface area contributed by atoms with Crippen LogP contribution in [0.4, 0.5) is 0 Å². The van der Waals surface area contributed by atoms with Crippen LogP contribution in [0.3, 0.4) is 0 Å². The van der Waals surface area contributed by atoms with Gasteiger partial charge in [-0.2, -0.15) is 0 Å². The van der Waals surface area contributed by atoms with Gasteiger partial charge in [-0.05, 0) is 30.9 Å². The Balaban J connectivity index is 1.88. The van der Waals surface area contributed by atoms with Crippen LogP contribution in [0.25, 0.3) is 0 Å². The molecule has 28 heavy (non-hydrogen) atoms. The molecule has 0 bridgehead atoms. The lowest BCUT2D eigenvalue weighted by atomic mass is 10.0. The largest absolute Gasteiger partial charge is 0.493 e. The van der Waals surface area contributed by atoms with E-state index in [2.05, 4.69) is 19.2 Å². The summed E-state index contributed by atoms with van der Waals surface area (Å²) in [4.78, 5) is 39.1. The number of carbonyl (C=O) groups excluding carboxylic acids is 3. The predicted octanol–water partition coefficient (Wildman–Crippen LogP) is 2.03. The van der Waals surface area contributed by atoms with E-state index in [9.17, 15) is 14.4 Å². The monoisotopic (exact) mass is 390 g/mol. The first-order valence-electron chi connectivity index (χ1n) is 9.43. The molecule has 2 atom stereocenters. The van der Waals surface area contributed by atoms with E-state index >= 15 is 0 Å². The van der Waals surface area contributed by atoms with Crippen LogP contribution in [0.5, 0.6) is 11.5 Å². The molecule has 0 saturated carbocycles. The molecule has 2 amide bonds. The zero-order chi connectivity index (χ0) is 20.4. The lowest BCUT2D eigenvalue weighted by Crippen LogP contribution is -2.46. The van der Waals surface area contributed by atoms with Crippen molar-refractivity contribution in [2.24, 2.45) is 5.92 Å². The van der Waals surface area contributed by atoms with Crippen molar-refractivity contribution in [3.05, 3.63) is 23.3 Å². The van der Waals surface area contributed by atoms with Crippen LogP contribution >= 0.6 is 0 Å². The molecule has 152 valence electrons. The zero-order valence-corrected chi connectivity index (χ0v) is 16.6. The van der Waals surface area contributed by atoms with E-state index in [-0.39, 0.29) is 29.5 Å². The zero-order valence-electron chi connectivity index (χ0n) is 16.6. The Morgan fingerprint density at radius 3 is 2.68 bits per heavy atom. The van der Waals surface area contributed by atoms with Crippen molar-refractivity contribution < 1.29 is 28.6 Å². The quantitative estimate of drug-likeness (QED) is 0.716. The molecule has 0 aromatic heterocycles. The normalized spacial score (nSPS) is 21.0. The second-order valence-electron chi connectivity index (χ2n) is 7.35. The van der Waals surface area contributed by atoms with E-state index < -0.39 is 18.2 Å². The Labute approximate surface area is 164 Å². The molecule has 2 aliphatic rings. The van der Waals surface area contributed by atoms with E-state index in [0.29, 0.717) is 30.2 Å². The number of carbonyl (C=O) groups is 3. The molecule has 0 radical (unpaired) electrons. The third-order valence-electron chi connectivity index (χ3n) is 5.10. The number of likely N-dealkylation sites (tertiary alicyclic amines) is 1. The predicted molar refractivity (Wildman–Crippen MR) is 100 cm³/mol. The van der Waals surface area contributed by atoms with Gasteiger partial charge in [0.1, 0.15) is 11.6 Å². The van der Waals surface area contributed by atoms with Gasteiger partial charge in [0.15, 0.2) is 11.5 Å². The van der Waals surface area contributed by atoms with Gasteiger partial charge >= 0.3 is 5.97 Å². The molecule has 0 spiro atoms. The maximum Gasteiger partial charge on any atom is 0.344 e. The number of ether oxygens (including phenoxy) is 3. The molecule has 1 saturated heterocycles. The Morgan fingerprint density at radius 2 is 2.04 bits per heavy atom. The average molecular weight is 390 g/mol. The van der Waals surface area contributed by atoms with Crippen LogP contribution in [0.1, 0.15) is 55.3 Å². The van der Waals surface area contributed by atoms with Gasteiger partial charge in [-0.25, -0.2) is 4.79 Å². The highest BCUT2D eigenvalue weighted by Crippen LogP contribution is 2.45. The number of amides is 2. The summed E-state index contributed by atoms with van der Waals surface area (Å²) in [6, 6.07) is 2.66. The van der Waals surface area contributed by atoms with Crippen molar-refractivity contribution in [2.45, 2.75) is 45.4 Å². The first kappa shape index (κ1) is 20.0. The van der Waals surface area contributed by atoms with Crippen LogP contribution in [0, 0.1) is 5.92 Å². The van der Waals surface area contributed by atoms with E-state index in [0.717, 1.165) is 6.42 Å². The molecule has 2 heterocycles. The molecule has 1 aromatic carbocycles. The Bertz CT molecular complexity index is 791. The van der Waals surface area contributed by atoms with Gasteiger partial charge in [0.05, 0.1) is 14.2 Å². The molecule has 8 nitrogen and oxygen atoms in total. The highest BCUT2D eigenvalue weighted by molar-refractivity contribution is 5.99. The number of cyclic esters (lactones) is 1. The Kier molecular flexibility index (Phi) is 5.76. The van der Waals surface area contributed by atoms with Crippen LogP contribution in [0.2, 0.25) is 0 Å². The SMILES string of the molecule is COc1ccc2c(c1OC)C(=O)OC2N1C(=O)CC[C@H]1C(=O)NCCC(C)C. The molecule has 1 unspecified atom stereocenters. The van der Waals surface area contributed by atoms with Crippen LogP contribution < -0.4 is 14.8 Å². The summed E-state index contributed by atoms with van der Waals surface area (Å²) >= 11 is 0. The number of methoxy groups -OCH3 is 2. The topological polar surface area (TPSA) is 94.2 Å². The summed E-state index contributed by atoms with van der Waals surface area (Å²) in [5.41, 5.74) is 0.725. The van der Waals surface area contributed by atoms with Crippen molar-refractivity contribution in [2.75, 3.05) is 20.8 Å². The summed E-state index contributed by atoms with van der Waals surface area (Å²) in [7, 11) is 2.91. The van der Waals surface area contributed by atoms with Gasteiger partial charge < -0.3 is 19.5 Å². The second-order valence-corrected chi connectivity index (χ2v) is 7.35. The van der Waals surface area contributed by atoms with Gasteiger partial charge in [0.25, 0.3) is 0 Å². The number of hydrogen-bond acceptors (Lipinski definition) is 6. The molecule has 2 aliphatic heterocycles. The third kappa shape index (κ3) is 3.50. The number of rotatable bonds is 7. The summed E-state index contributed by atoms with van der Waals surface area (Å²) in [6.45, 7) is 4.70. The highest BCUT2D eigenvalue weighted by atomic mass is 16.6. The number of nitrogens with zero attached hydrogens (tertiary/aromatic N) is 1. The second kappa shape index (κ2) is 8.08. The lowest BCUT2D eigenvalue weighted by Gasteiger charge is -2.29. The fourth-order valence-electron chi connectivity index (χ4n) is 3.64. The summed E-state index contributed by atoms with van der Waals surface area (Å²) < 4.78 is 16.1. The lowest BCUT2D eigenvalue weighted by molar-refractivity contribution is -0.145. The number of nitrogens with one attached hydrogen (secondary N) is 1. The van der Waals surface area contributed by atoms with Crippen molar-refractivity contribution in [3.63, 3.8) is 0 Å². The molecule has 1 N–H and O–H groups in total. The van der Waals surface area contributed by atoms with Crippen molar-refractivity contribution in [3.8, 4) is 11.5 Å². The number of benzene rings is 1. The first-order valence-corrected chi connectivity index (χ1v) is 9.43. The fourth-order valence-corrected chi connectivity index (χ4v) is 3.64. The van der Waals surface area contributed by atoms with E-state index in [1.165, 1.54) is 19.1 Å². The Hall–Kier alpha value is -2.77. The van der Waals surface area contributed by atoms with Crippen LogP contribution in [0.15, 0.2) is 12.1 Å². The van der Waals surface area contributed by atoms with Gasteiger partial charge in [0.2, 0.25) is 18.0 Å². The highest BCUT2D eigenvalue weighted by Gasteiger charge is 2.47. The smallest absolute Gasteiger partial charge is 0.344 e. The van der Waals surface area contributed by atoms with Gasteiger partial charge in [-0.3, -0.25) is 14.5 Å². The van der Waals surface area contributed by atoms with Gasteiger partial charge in [-0.15, -0.1) is 0 Å². The maximum absolute atomic E-state index is 12.7. The summed E-state index contributed by atoms with van der Waals surface area (Å²) in [5.74, 6) is 0.0775. The molecular formula is C20H26N2O6. The minimum Gasteiger partial charge on any atom is -0.493 e. The molecule has 1 fully saturated rings. The molecule has 0 aliphatic carbocycles. The molecule has 1 aromatic rings. The maximum atomic E-state index is 12.7. The minimum absolute atomic E-state index is 0.218. The van der Waals surface area contributed by atoms with Crippen molar-refractivity contribution in [1.82, 2.24) is 10.2 Å². The van der Waals surface area contributed by atoms with Gasteiger partial charge in [-0.1, -0.05) is 13.8 Å². The van der Waals surface area contributed by atoms with Gasteiger partial charge in [0, 0.05) is 18.5 Å². The minimum atomic E-state index is -0.946. The summed E-state index contributed by atoms with van der Waals surface area (Å²) in [5, 5.41) is 2.89. The first-order chi connectivity index (χ1) is 13.4.